The largest absolute Gasteiger partial charge is 0.481 e. The minimum absolute atomic E-state index is 0.0336. The number of amides is 1. The van der Waals surface area contributed by atoms with Gasteiger partial charge in [0.1, 0.15) is 0 Å². The van der Waals surface area contributed by atoms with Crippen molar-refractivity contribution in [3.05, 3.63) is 0 Å². The highest BCUT2D eigenvalue weighted by Crippen LogP contribution is 2.40. The molecule has 5 nitrogen and oxygen atoms in total. The summed E-state index contributed by atoms with van der Waals surface area (Å²) in [6.07, 6.45) is 4.67. The molecule has 106 valence electrons. The first-order valence-corrected chi connectivity index (χ1v) is 7.26. The van der Waals surface area contributed by atoms with Crippen LogP contribution in [0.1, 0.15) is 39.0 Å². The summed E-state index contributed by atoms with van der Waals surface area (Å²) >= 11 is 0. The van der Waals surface area contributed by atoms with Crippen LogP contribution in [0.2, 0.25) is 0 Å². The van der Waals surface area contributed by atoms with E-state index in [9.17, 15) is 14.7 Å². The molecule has 0 saturated carbocycles. The fourth-order valence-corrected chi connectivity index (χ4v) is 3.90. The van der Waals surface area contributed by atoms with E-state index < -0.39 is 11.9 Å². The maximum absolute atomic E-state index is 12.6. The lowest BCUT2D eigenvalue weighted by Crippen LogP contribution is -2.52. The Morgan fingerprint density at radius 1 is 1.21 bits per heavy atom. The maximum atomic E-state index is 12.6. The van der Waals surface area contributed by atoms with Gasteiger partial charge in [0.25, 0.3) is 0 Å². The number of likely N-dealkylation sites (tertiary alicyclic amines) is 1. The van der Waals surface area contributed by atoms with E-state index in [1.165, 1.54) is 0 Å². The topological polar surface area (TPSA) is 66.8 Å². The lowest BCUT2D eigenvalue weighted by atomic mass is 9.85. The summed E-state index contributed by atoms with van der Waals surface area (Å²) in [6.45, 7) is 2.56. The van der Waals surface area contributed by atoms with Crippen LogP contribution >= 0.6 is 0 Å². The van der Waals surface area contributed by atoms with Gasteiger partial charge in [-0.05, 0) is 39.0 Å². The van der Waals surface area contributed by atoms with E-state index in [0.29, 0.717) is 13.0 Å². The second kappa shape index (κ2) is 4.78. The summed E-state index contributed by atoms with van der Waals surface area (Å²) in [4.78, 5) is 25.6. The molecule has 3 aliphatic rings. The van der Waals surface area contributed by atoms with Gasteiger partial charge in [0.05, 0.1) is 24.0 Å². The van der Waals surface area contributed by atoms with Crippen molar-refractivity contribution in [2.75, 3.05) is 6.54 Å². The molecule has 3 rings (SSSR count). The molecule has 0 aromatic heterocycles. The fourth-order valence-electron chi connectivity index (χ4n) is 3.90. The summed E-state index contributed by atoms with van der Waals surface area (Å²) in [5.41, 5.74) is 0. The molecular formula is C14H21NO4. The van der Waals surface area contributed by atoms with Crippen LogP contribution in [0.3, 0.4) is 0 Å². The Hall–Kier alpha value is -1.10. The predicted molar refractivity (Wildman–Crippen MR) is 67.5 cm³/mol. The monoisotopic (exact) mass is 267 g/mol. The van der Waals surface area contributed by atoms with Gasteiger partial charge in [-0.15, -0.1) is 0 Å². The molecule has 5 heteroatoms. The minimum Gasteiger partial charge on any atom is -0.481 e. The quantitative estimate of drug-likeness (QED) is 0.818. The molecule has 1 N–H and O–H groups in total. The van der Waals surface area contributed by atoms with Crippen molar-refractivity contribution in [2.45, 2.75) is 57.3 Å². The predicted octanol–water partition coefficient (Wildman–Crippen LogP) is 1.27. The number of carboxylic acid groups (broad SMARTS) is 1. The van der Waals surface area contributed by atoms with Crippen molar-refractivity contribution in [2.24, 2.45) is 11.8 Å². The van der Waals surface area contributed by atoms with Crippen LogP contribution in [-0.2, 0) is 14.3 Å². The Morgan fingerprint density at radius 2 is 2.00 bits per heavy atom. The third kappa shape index (κ3) is 2.14. The molecule has 0 aromatic carbocycles. The van der Waals surface area contributed by atoms with Crippen molar-refractivity contribution in [1.29, 1.82) is 0 Å². The summed E-state index contributed by atoms with van der Waals surface area (Å²) in [7, 11) is 0. The van der Waals surface area contributed by atoms with Gasteiger partial charge in [-0.3, -0.25) is 9.59 Å². The van der Waals surface area contributed by atoms with Crippen molar-refractivity contribution < 1.29 is 19.4 Å². The van der Waals surface area contributed by atoms with Crippen LogP contribution < -0.4 is 0 Å². The van der Waals surface area contributed by atoms with E-state index in [-0.39, 0.29) is 30.1 Å². The van der Waals surface area contributed by atoms with Crippen molar-refractivity contribution in [1.82, 2.24) is 4.90 Å². The number of ether oxygens (including phenoxy) is 1. The number of piperidine rings is 1. The first-order valence-electron chi connectivity index (χ1n) is 7.26. The lowest BCUT2D eigenvalue weighted by Gasteiger charge is -2.39. The number of carbonyl (C=O) groups excluding carboxylic acids is 1. The molecule has 0 aromatic rings. The highest BCUT2D eigenvalue weighted by atomic mass is 16.5. The number of carbonyl (C=O) groups is 2. The number of hydrogen-bond donors (Lipinski definition) is 1. The molecular weight excluding hydrogens is 246 g/mol. The summed E-state index contributed by atoms with van der Waals surface area (Å²) in [5.74, 6) is -1.12. The average molecular weight is 267 g/mol. The van der Waals surface area contributed by atoms with Gasteiger partial charge in [0, 0.05) is 12.6 Å². The molecule has 3 saturated heterocycles. The Morgan fingerprint density at radius 3 is 2.58 bits per heavy atom. The van der Waals surface area contributed by atoms with Gasteiger partial charge in [-0.1, -0.05) is 0 Å². The van der Waals surface area contributed by atoms with Crippen molar-refractivity contribution >= 4 is 11.9 Å². The summed E-state index contributed by atoms with van der Waals surface area (Å²) in [6, 6.07) is -0.196. The molecule has 0 spiro atoms. The Bertz CT molecular complexity index is 397. The van der Waals surface area contributed by atoms with Gasteiger partial charge in [0.2, 0.25) is 5.91 Å². The van der Waals surface area contributed by atoms with Gasteiger partial charge >= 0.3 is 5.97 Å². The van der Waals surface area contributed by atoms with E-state index in [4.69, 9.17) is 4.74 Å². The number of aliphatic carboxylic acids is 1. The normalized spacial score (nSPS) is 41.5. The number of hydrogen-bond acceptors (Lipinski definition) is 3. The number of nitrogens with zero attached hydrogens (tertiary/aromatic N) is 1. The van der Waals surface area contributed by atoms with E-state index in [1.54, 1.807) is 4.90 Å². The highest BCUT2D eigenvalue weighted by molar-refractivity contribution is 5.81. The molecule has 1 amide bonds. The van der Waals surface area contributed by atoms with Gasteiger partial charge in [-0.25, -0.2) is 0 Å². The molecule has 0 radical (unpaired) electrons. The third-order valence-electron chi connectivity index (χ3n) is 5.01. The lowest BCUT2D eigenvalue weighted by molar-refractivity contribution is -0.151. The molecule has 3 fully saturated rings. The van der Waals surface area contributed by atoms with Crippen LogP contribution in [-0.4, -0.2) is 46.7 Å². The minimum atomic E-state index is -0.783. The molecule has 19 heavy (non-hydrogen) atoms. The van der Waals surface area contributed by atoms with Crippen molar-refractivity contribution in [3.8, 4) is 0 Å². The van der Waals surface area contributed by atoms with Crippen molar-refractivity contribution in [3.63, 3.8) is 0 Å². The SMILES string of the molecule is C[C@@H]1[C@H](C(=O)O)CCCN1C(=O)C1CC2CCC1O2. The van der Waals surface area contributed by atoms with Crippen LogP contribution in [0.15, 0.2) is 0 Å². The zero-order valence-corrected chi connectivity index (χ0v) is 11.2. The van der Waals surface area contributed by atoms with Gasteiger partial charge < -0.3 is 14.7 Å². The average Bonchev–Trinajstić information content (AvgIpc) is 3.00. The van der Waals surface area contributed by atoms with Crippen LogP contribution in [0.4, 0.5) is 0 Å². The van der Waals surface area contributed by atoms with Crippen LogP contribution in [0, 0.1) is 11.8 Å². The van der Waals surface area contributed by atoms with E-state index >= 15 is 0 Å². The summed E-state index contributed by atoms with van der Waals surface area (Å²) in [5, 5.41) is 9.22. The van der Waals surface area contributed by atoms with E-state index in [0.717, 1.165) is 25.7 Å². The Balaban J connectivity index is 1.70. The molecule has 0 aliphatic carbocycles. The molecule has 3 heterocycles. The van der Waals surface area contributed by atoms with Gasteiger partial charge in [-0.2, -0.15) is 0 Å². The summed E-state index contributed by atoms with van der Waals surface area (Å²) < 4.78 is 5.74. The third-order valence-corrected chi connectivity index (χ3v) is 5.01. The van der Waals surface area contributed by atoms with E-state index in [2.05, 4.69) is 0 Å². The van der Waals surface area contributed by atoms with Crippen LogP contribution in [0.5, 0.6) is 0 Å². The second-order valence-corrected chi connectivity index (χ2v) is 6.08. The molecule has 5 atom stereocenters. The fraction of sp³-hybridized carbons (Fsp3) is 0.857. The zero-order chi connectivity index (χ0) is 13.6. The number of fused-ring (bicyclic) bond motifs is 2. The Kier molecular flexibility index (Phi) is 3.25. The standard InChI is InChI=1S/C14H21NO4/c1-8-10(14(17)18)3-2-6-15(8)13(16)11-7-9-4-5-12(11)19-9/h8-12H,2-7H2,1H3,(H,17,18)/t8-,9?,10-,11?,12?/m1/s1. The number of rotatable bonds is 2. The Labute approximate surface area is 112 Å². The van der Waals surface area contributed by atoms with Gasteiger partial charge in [0.15, 0.2) is 0 Å². The zero-order valence-electron chi connectivity index (χ0n) is 11.2. The maximum Gasteiger partial charge on any atom is 0.308 e. The highest BCUT2D eigenvalue weighted by Gasteiger charge is 2.47. The first-order chi connectivity index (χ1) is 9.08. The second-order valence-electron chi connectivity index (χ2n) is 6.08. The molecule has 3 aliphatic heterocycles. The van der Waals surface area contributed by atoms with E-state index in [1.807, 2.05) is 6.92 Å². The number of carboxylic acids is 1. The first kappa shape index (κ1) is 12.9. The molecule has 2 bridgehead atoms. The van der Waals surface area contributed by atoms with Crippen LogP contribution in [0.25, 0.3) is 0 Å². The molecule has 3 unspecified atom stereocenters. The smallest absolute Gasteiger partial charge is 0.308 e.